The minimum Gasteiger partial charge on any atom is -0.356 e. The maximum atomic E-state index is 13.0. The smallest absolute Gasteiger partial charge is 0.223 e. The van der Waals surface area contributed by atoms with Crippen LogP contribution in [0.15, 0.2) is 51.4 Å². The number of H-pyrrole nitrogens is 1. The third-order valence-electron chi connectivity index (χ3n) is 5.34. The molecular formula is C22H22Br2N2O. The zero-order valence-electron chi connectivity index (χ0n) is 15.3. The Morgan fingerprint density at radius 1 is 1.15 bits per heavy atom. The van der Waals surface area contributed by atoms with E-state index in [0.717, 1.165) is 51.5 Å². The molecule has 1 aliphatic rings. The van der Waals surface area contributed by atoms with E-state index < -0.39 is 0 Å². The van der Waals surface area contributed by atoms with Crippen molar-refractivity contribution in [1.29, 1.82) is 0 Å². The fourth-order valence-electron chi connectivity index (χ4n) is 3.99. The van der Waals surface area contributed by atoms with Crippen LogP contribution in [0.2, 0.25) is 0 Å². The van der Waals surface area contributed by atoms with Gasteiger partial charge < -0.3 is 9.88 Å². The van der Waals surface area contributed by atoms with E-state index in [0.29, 0.717) is 6.42 Å². The molecule has 2 heterocycles. The lowest BCUT2D eigenvalue weighted by molar-refractivity contribution is -0.133. The molecule has 0 spiro atoms. The Kier molecular flexibility index (Phi) is 5.42. The van der Waals surface area contributed by atoms with Gasteiger partial charge in [0.15, 0.2) is 0 Å². The van der Waals surface area contributed by atoms with E-state index in [1.807, 2.05) is 0 Å². The molecule has 0 bridgehead atoms. The van der Waals surface area contributed by atoms with Crippen molar-refractivity contribution in [2.24, 2.45) is 0 Å². The van der Waals surface area contributed by atoms with Gasteiger partial charge in [0.25, 0.3) is 0 Å². The zero-order chi connectivity index (χ0) is 19.0. The lowest BCUT2D eigenvalue weighted by Crippen LogP contribution is -2.40. The highest BCUT2D eigenvalue weighted by Crippen LogP contribution is 2.39. The fourth-order valence-corrected chi connectivity index (χ4v) is 4.62. The van der Waals surface area contributed by atoms with Crippen LogP contribution in [0.3, 0.4) is 0 Å². The number of carbonyl (C=O) groups excluding carboxylic acids is 1. The van der Waals surface area contributed by atoms with Crippen LogP contribution in [0.5, 0.6) is 0 Å². The standard InChI is InChI=1S/C22H22Br2N2O/c1-2-3-4-20(27)26-12-11-17-18-13-16(24)9-10-19(18)25-21(17)22(26)14-5-7-15(23)8-6-14/h5-10,13,22,25H,2-4,11-12H2,1H3. The van der Waals surface area contributed by atoms with Gasteiger partial charge in [-0.2, -0.15) is 0 Å². The molecule has 0 saturated heterocycles. The molecule has 0 aliphatic carbocycles. The topological polar surface area (TPSA) is 36.1 Å². The minimum absolute atomic E-state index is 0.0580. The molecule has 3 nitrogen and oxygen atoms in total. The van der Waals surface area contributed by atoms with Crippen LogP contribution in [-0.2, 0) is 11.2 Å². The Labute approximate surface area is 176 Å². The van der Waals surface area contributed by atoms with Gasteiger partial charge >= 0.3 is 0 Å². The summed E-state index contributed by atoms with van der Waals surface area (Å²) in [6.07, 6.45) is 3.48. The predicted molar refractivity (Wildman–Crippen MR) is 117 cm³/mol. The fraction of sp³-hybridized carbons (Fsp3) is 0.318. The van der Waals surface area contributed by atoms with Gasteiger partial charge in [-0.15, -0.1) is 0 Å². The normalized spacial score (nSPS) is 16.6. The van der Waals surface area contributed by atoms with E-state index >= 15 is 0 Å². The van der Waals surface area contributed by atoms with Gasteiger partial charge in [0.1, 0.15) is 0 Å². The summed E-state index contributed by atoms with van der Waals surface area (Å²) in [4.78, 5) is 18.7. The maximum absolute atomic E-state index is 13.0. The molecule has 0 radical (unpaired) electrons. The highest BCUT2D eigenvalue weighted by Gasteiger charge is 2.34. The Morgan fingerprint density at radius 2 is 1.89 bits per heavy atom. The number of unbranched alkanes of at least 4 members (excludes halogenated alkanes) is 1. The number of aromatic nitrogens is 1. The molecule has 3 aromatic rings. The van der Waals surface area contributed by atoms with Crippen LogP contribution in [0.25, 0.3) is 10.9 Å². The Morgan fingerprint density at radius 3 is 2.63 bits per heavy atom. The third-order valence-corrected chi connectivity index (χ3v) is 6.36. The van der Waals surface area contributed by atoms with Gasteiger partial charge in [0.2, 0.25) is 5.91 Å². The second kappa shape index (κ2) is 7.80. The van der Waals surface area contributed by atoms with Crippen LogP contribution in [0.4, 0.5) is 0 Å². The Bertz CT molecular complexity index is 978. The lowest BCUT2D eigenvalue weighted by atomic mass is 9.92. The SMILES string of the molecule is CCCCC(=O)N1CCc2c([nH]c3ccc(Br)cc23)C1c1ccc(Br)cc1. The quantitative estimate of drug-likeness (QED) is 0.454. The molecular weight excluding hydrogens is 468 g/mol. The van der Waals surface area contributed by atoms with Crippen molar-refractivity contribution >= 4 is 48.7 Å². The number of nitrogens with one attached hydrogen (secondary N) is 1. The number of hydrogen-bond donors (Lipinski definition) is 1. The monoisotopic (exact) mass is 488 g/mol. The molecule has 1 aliphatic heterocycles. The number of fused-ring (bicyclic) bond motifs is 3. The third kappa shape index (κ3) is 3.59. The summed E-state index contributed by atoms with van der Waals surface area (Å²) in [5.74, 6) is 0.246. The van der Waals surface area contributed by atoms with Crippen molar-refractivity contribution in [2.45, 2.75) is 38.6 Å². The van der Waals surface area contributed by atoms with Gasteiger partial charge in [0.05, 0.1) is 6.04 Å². The van der Waals surface area contributed by atoms with Crippen LogP contribution >= 0.6 is 31.9 Å². The Balaban J connectivity index is 1.83. The van der Waals surface area contributed by atoms with Gasteiger partial charge in [-0.3, -0.25) is 4.79 Å². The first-order valence-electron chi connectivity index (χ1n) is 9.43. The number of aromatic amines is 1. The molecule has 140 valence electrons. The number of amides is 1. The first kappa shape index (κ1) is 18.8. The molecule has 4 rings (SSSR count). The van der Waals surface area contributed by atoms with E-state index in [4.69, 9.17) is 0 Å². The molecule has 27 heavy (non-hydrogen) atoms. The molecule has 0 saturated carbocycles. The van der Waals surface area contributed by atoms with Crippen molar-refractivity contribution < 1.29 is 4.79 Å². The van der Waals surface area contributed by atoms with E-state index in [1.165, 1.54) is 10.9 Å². The van der Waals surface area contributed by atoms with Gasteiger partial charge in [0, 0.05) is 38.5 Å². The van der Waals surface area contributed by atoms with Crippen molar-refractivity contribution in [3.05, 3.63) is 68.2 Å². The number of halogens is 2. The molecule has 1 amide bonds. The summed E-state index contributed by atoms with van der Waals surface area (Å²) in [5.41, 5.74) is 4.77. The van der Waals surface area contributed by atoms with Crippen LogP contribution in [0.1, 0.15) is 49.0 Å². The molecule has 1 aromatic heterocycles. The summed E-state index contributed by atoms with van der Waals surface area (Å²) in [6.45, 7) is 2.89. The van der Waals surface area contributed by atoms with Crippen molar-refractivity contribution in [2.75, 3.05) is 6.54 Å². The van der Waals surface area contributed by atoms with Crippen LogP contribution < -0.4 is 0 Å². The number of rotatable bonds is 4. The minimum atomic E-state index is -0.0580. The number of hydrogen-bond acceptors (Lipinski definition) is 1. The molecule has 1 unspecified atom stereocenters. The van der Waals surface area contributed by atoms with Gasteiger partial charge in [-0.25, -0.2) is 0 Å². The second-order valence-corrected chi connectivity index (χ2v) is 8.93. The second-order valence-electron chi connectivity index (χ2n) is 7.10. The number of nitrogens with zero attached hydrogens (tertiary/aromatic N) is 1. The molecule has 1 atom stereocenters. The van der Waals surface area contributed by atoms with Gasteiger partial charge in [-0.05, 0) is 54.3 Å². The molecule has 1 N–H and O–H groups in total. The van der Waals surface area contributed by atoms with Crippen molar-refractivity contribution in [3.63, 3.8) is 0 Å². The average molecular weight is 490 g/mol. The Hall–Kier alpha value is -1.59. The highest BCUT2D eigenvalue weighted by atomic mass is 79.9. The zero-order valence-corrected chi connectivity index (χ0v) is 18.4. The van der Waals surface area contributed by atoms with E-state index in [2.05, 4.69) is 91.1 Å². The van der Waals surface area contributed by atoms with Crippen molar-refractivity contribution in [3.8, 4) is 0 Å². The summed E-state index contributed by atoms with van der Waals surface area (Å²) in [5, 5.41) is 1.25. The van der Waals surface area contributed by atoms with E-state index in [-0.39, 0.29) is 11.9 Å². The summed E-state index contributed by atoms with van der Waals surface area (Å²) < 4.78 is 2.13. The van der Waals surface area contributed by atoms with Gasteiger partial charge in [-0.1, -0.05) is 57.3 Å². The molecule has 5 heteroatoms. The first-order valence-corrected chi connectivity index (χ1v) is 11.0. The van der Waals surface area contributed by atoms with Crippen molar-refractivity contribution in [1.82, 2.24) is 9.88 Å². The number of carbonyl (C=O) groups is 1. The summed E-state index contributed by atoms with van der Waals surface area (Å²) in [7, 11) is 0. The summed E-state index contributed by atoms with van der Waals surface area (Å²) in [6, 6.07) is 14.6. The lowest BCUT2D eigenvalue weighted by Gasteiger charge is -2.36. The first-order chi connectivity index (χ1) is 13.1. The summed E-state index contributed by atoms with van der Waals surface area (Å²) >= 11 is 7.11. The van der Waals surface area contributed by atoms with E-state index in [9.17, 15) is 4.79 Å². The average Bonchev–Trinajstić information content (AvgIpc) is 3.04. The van der Waals surface area contributed by atoms with E-state index in [1.54, 1.807) is 0 Å². The predicted octanol–water partition coefficient (Wildman–Crippen LogP) is 6.36. The maximum Gasteiger partial charge on any atom is 0.223 e. The largest absolute Gasteiger partial charge is 0.356 e. The molecule has 2 aromatic carbocycles. The molecule has 0 fully saturated rings. The highest BCUT2D eigenvalue weighted by molar-refractivity contribution is 9.10. The van der Waals surface area contributed by atoms with Crippen LogP contribution in [-0.4, -0.2) is 22.3 Å². The van der Waals surface area contributed by atoms with Crippen LogP contribution in [0, 0.1) is 0 Å². The number of benzene rings is 2.